The third-order valence-corrected chi connectivity index (χ3v) is 5.29. The van der Waals surface area contributed by atoms with Crippen LogP contribution in [0.3, 0.4) is 0 Å². The van der Waals surface area contributed by atoms with Crippen molar-refractivity contribution in [3.63, 3.8) is 0 Å². The third-order valence-electron chi connectivity index (χ3n) is 5.29. The Kier molecular flexibility index (Phi) is 7.35. The van der Waals surface area contributed by atoms with Gasteiger partial charge in [0.25, 0.3) is 5.91 Å². The van der Waals surface area contributed by atoms with E-state index in [9.17, 15) is 9.59 Å². The SMILES string of the molecule is COc1ccc(CC(=O)Nc2ccc(Cn3cnc(C(=O)NCc4ccccc4)c3)cc2)cc1. The van der Waals surface area contributed by atoms with Gasteiger partial charge in [-0.25, -0.2) is 4.98 Å². The van der Waals surface area contributed by atoms with Crippen molar-refractivity contribution in [1.29, 1.82) is 0 Å². The lowest BCUT2D eigenvalue weighted by Gasteiger charge is -2.08. The average molecular weight is 455 g/mol. The Morgan fingerprint density at radius 1 is 0.882 bits per heavy atom. The summed E-state index contributed by atoms with van der Waals surface area (Å²) in [6.07, 6.45) is 3.66. The summed E-state index contributed by atoms with van der Waals surface area (Å²) in [5, 5.41) is 5.79. The van der Waals surface area contributed by atoms with E-state index < -0.39 is 0 Å². The zero-order valence-electron chi connectivity index (χ0n) is 18.9. The molecule has 4 aromatic rings. The lowest BCUT2D eigenvalue weighted by Crippen LogP contribution is -2.23. The highest BCUT2D eigenvalue weighted by molar-refractivity contribution is 5.92. The molecule has 0 aliphatic heterocycles. The number of nitrogens with zero attached hydrogens (tertiary/aromatic N) is 2. The number of benzene rings is 3. The second-order valence-electron chi connectivity index (χ2n) is 7.87. The highest BCUT2D eigenvalue weighted by Gasteiger charge is 2.10. The number of methoxy groups -OCH3 is 1. The Bertz CT molecular complexity index is 1230. The lowest BCUT2D eigenvalue weighted by molar-refractivity contribution is -0.115. The first kappa shape index (κ1) is 22.8. The van der Waals surface area contributed by atoms with Crippen LogP contribution >= 0.6 is 0 Å². The van der Waals surface area contributed by atoms with E-state index in [1.165, 1.54) is 0 Å². The van der Waals surface area contributed by atoms with E-state index in [1.807, 2.05) is 83.4 Å². The summed E-state index contributed by atoms with van der Waals surface area (Å²) in [6, 6.07) is 24.8. The van der Waals surface area contributed by atoms with Gasteiger partial charge in [0.2, 0.25) is 5.91 Å². The van der Waals surface area contributed by atoms with Gasteiger partial charge < -0.3 is 19.9 Å². The predicted octanol–water partition coefficient (Wildman–Crippen LogP) is 4.05. The van der Waals surface area contributed by atoms with Gasteiger partial charge in [0.15, 0.2) is 0 Å². The van der Waals surface area contributed by atoms with Crippen LogP contribution in [0.15, 0.2) is 91.4 Å². The van der Waals surface area contributed by atoms with Crippen LogP contribution in [-0.2, 0) is 24.3 Å². The number of ether oxygens (including phenoxy) is 1. The Morgan fingerprint density at radius 2 is 1.59 bits per heavy atom. The smallest absolute Gasteiger partial charge is 0.271 e. The van der Waals surface area contributed by atoms with Gasteiger partial charge >= 0.3 is 0 Å². The molecule has 0 spiro atoms. The zero-order chi connectivity index (χ0) is 23.8. The minimum Gasteiger partial charge on any atom is -0.497 e. The summed E-state index contributed by atoms with van der Waals surface area (Å²) < 4.78 is 6.99. The van der Waals surface area contributed by atoms with Crippen LogP contribution in [0.5, 0.6) is 5.75 Å². The van der Waals surface area contributed by atoms with Gasteiger partial charge in [-0.15, -0.1) is 0 Å². The fourth-order valence-corrected chi connectivity index (χ4v) is 3.47. The second kappa shape index (κ2) is 11.0. The molecule has 34 heavy (non-hydrogen) atoms. The van der Waals surface area contributed by atoms with Crippen molar-refractivity contribution < 1.29 is 14.3 Å². The standard InChI is InChI=1S/C27H26N4O3/c1-34-24-13-9-20(10-14-24)15-26(32)30-23-11-7-22(8-12-23)17-31-18-25(29-19-31)27(33)28-16-21-5-3-2-4-6-21/h2-14,18-19H,15-17H2,1H3,(H,28,33)(H,30,32). The molecule has 4 rings (SSSR count). The van der Waals surface area contributed by atoms with Crippen LogP contribution < -0.4 is 15.4 Å². The van der Waals surface area contributed by atoms with E-state index in [0.717, 1.165) is 28.1 Å². The number of amides is 2. The number of anilines is 1. The molecule has 7 nitrogen and oxygen atoms in total. The monoisotopic (exact) mass is 454 g/mol. The molecule has 2 N–H and O–H groups in total. The maximum Gasteiger partial charge on any atom is 0.271 e. The normalized spacial score (nSPS) is 10.5. The van der Waals surface area contributed by atoms with Gasteiger partial charge in [0.1, 0.15) is 11.4 Å². The minimum absolute atomic E-state index is 0.0846. The quantitative estimate of drug-likeness (QED) is 0.400. The maximum atomic E-state index is 12.4. The molecule has 0 aliphatic rings. The molecule has 0 unspecified atom stereocenters. The van der Waals surface area contributed by atoms with Crippen molar-refractivity contribution in [1.82, 2.24) is 14.9 Å². The van der Waals surface area contributed by atoms with E-state index in [1.54, 1.807) is 19.6 Å². The number of aromatic nitrogens is 2. The fraction of sp³-hybridized carbons (Fsp3) is 0.148. The summed E-state index contributed by atoms with van der Waals surface area (Å²) in [5.41, 5.74) is 4.08. The molecule has 0 bridgehead atoms. The minimum atomic E-state index is -0.211. The van der Waals surface area contributed by atoms with Gasteiger partial charge in [-0.1, -0.05) is 54.6 Å². The molecule has 0 aliphatic carbocycles. The fourth-order valence-electron chi connectivity index (χ4n) is 3.47. The molecular formula is C27H26N4O3. The first-order chi connectivity index (χ1) is 16.6. The van der Waals surface area contributed by atoms with E-state index in [4.69, 9.17) is 4.74 Å². The summed E-state index contributed by atoms with van der Waals surface area (Å²) in [6.45, 7) is 1.03. The van der Waals surface area contributed by atoms with Gasteiger partial charge in [-0.05, 0) is 41.0 Å². The Morgan fingerprint density at radius 3 is 2.29 bits per heavy atom. The molecule has 172 valence electrons. The first-order valence-electron chi connectivity index (χ1n) is 10.9. The van der Waals surface area contributed by atoms with Crippen LogP contribution in [0.25, 0.3) is 0 Å². The topological polar surface area (TPSA) is 85.2 Å². The molecule has 0 fully saturated rings. The van der Waals surface area contributed by atoms with Gasteiger partial charge in [0.05, 0.1) is 19.9 Å². The molecule has 0 atom stereocenters. The highest BCUT2D eigenvalue weighted by Crippen LogP contribution is 2.14. The lowest BCUT2D eigenvalue weighted by atomic mass is 10.1. The first-order valence-corrected chi connectivity index (χ1v) is 10.9. The van der Waals surface area contributed by atoms with E-state index >= 15 is 0 Å². The van der Waals surface area contributed by atoms with Crippen LogP contribution in [-0.4, -0.2) is 28.5 Å². The molecule has 0 saturated carbocycles. The highest BCUT2D eigenvalue weighted by atomic mass is 16.5. The Labute approximate surface area is 198 Å². The molecule has 1 heterocycles. The van der Waals surface area contributed by atoms with Crippen LogP contribution in [0, 0.1) is 0 Å². The van der Waals surface area contributed by atoms with Gasteiger partial charge in [-0.3, -0.25) is 9.59 Å². The predicted molar refractivity (Wildman–Crippen MR) is 131 cm³/mol. The third kappa shape index (κ3) is 6.32. The van der Waals surface area contributed by atoms with E-state index in [0.29, 0.717) is 18.8 Å². The molecule has 2 amide bonds. The molecule has 3 aromatic carbocycles. The van der Waals surface area contributed by atoms with Crippen molar-refractivity contribution in [3.05, 3.63) is 114 Å². The number of carbonyl (C=O) groups is 2. The van der Waals surface area contributed by atoms with Crippen molar-refractivity contribution in [2.45, 2.75) is 19.5 Å². The molecule has 0 radical (unpaired) electrons. The summed E-state index contributed by atoms with van der Waals surface area (Å²) in [7, 11) is 1.61. The zero-order valence-corrected chi connectivity index (χ0v) is 18.9. The Balaban J connectivity index is 1.27. The average Bonchev–Trinajstić information content (AvgIpc) is 3.33. The molecular weight excluding hydrogens is 428 g/mol. The van der Waals surface area contributed by atoms with Crippen molar-refractivity contribution in [3.8, 4) is 5.75 Å². The number of nitrogens with one attached hydrogen (secondary N) is 2. The summed E-state index contributed by atoms with van der Waals surface area (Å²) in [5.74, 6) is 0.466. The number of hydrogen-bond donors (Lipinski definition) is 2. The maximum absolute atomic E-state index is 12.4. The molecule has 1 aromatic heterocycles. The Hall–Kier alpha value is -4.39. The van der Waals surface area contributed by atoms with Crippen LogP contribution in [0.2, 0.25) is 0 Å². The van der Waals surface area contributed by atoms with E-state index in [-0.39, 0.29) is 18.2 Å². The summed E-state index contributed by atoms with van der Waals surface area (Å²) in [4.78, 5) is 28.9. The van der Waals surface area contributed by atoms with Gasteiger partial charge in [0, 0.05) is 25.0 Å². The second-order valence-corrected chi connectivity index (χ2v) is 7.87. The van der Waals surface area contributed by atoms with Crippen LogP contribution in [0.1, 0.15) is 27.2 Å². The number of imidazole rings is 1. The largest absolute Gasteiger partial charge is 0.497 e. The number of carbonyl (C=O) groups excluding carboxylic acids is 2. The van der Waals surface area contributed by atoms with Crippen molar-refractivity contribution in [2.24, 2.45) is 0 Å². The van der Waals surface area contributed by atoms with E-state index in [2.05, 4.69) is 15.6 Å². The van der Waals surface area contributed by atoms with Gasteiger partial charge in [-0.2, -0.15) is 0 Å². The number of rotatable bonds is 9. The van der Waals surface area contributed by atoms with Crippen molar-refractivity contribution in [2.75, 3.05) is 12.4 Å². The molecule has 7 heteroatoms. The molecule has 0 saturated heterocycles. The van der Waals surface area contributed by atoms with Crippen LogP contribution in [0.4, 0.5) is 5.69 Å². The number of hydrogen-bond acceptors (Lipinski definition) is 4. The van der Waals surface area contributed by atoms with Crippen molar-refractivity contribution >= 4 is 17.5 Å². The summed E-state index contributed by atoms with van der Waals surface area (Å²) >= 11 is 0.